The predicted octanol–water partition coefficient (Wildman–Crippen LogP) is 4.71. The maximum Gasteiger partial charge on any atom is 0.435 e. The molecule has 0 aliphatic carbocycles. The smallest absolute Gasteiger partial charge is 0.435 e. The molecule has 0 saturated carbocycles. The lowest BCUT2D eigenvalue weighted by Gasteiger charge is -2.09. The number of imidazole rings is 1. The van der Waals surface area contributed by atoms with Gasteiger partial charge in [-0.05, 0) is 41.5 Å². The van der Waals surface area contributed by atoms with E-state index in [1.807, 2.05) is 0 Å². The van der Waals surface area contributed by atoms with E-state index in [4.69, 9.17) is 5.11 Å². The molecule has 6 nitrogen and oxygen atoms in total. The van der Waals surface area contributed by atoms with E-state index in [1.165, 1.54) is 30.5 Å². The second kappa shape index (κ2) is 7.63. The van der Waals surface area contributed by atoms with Gasteiger partial charge in [0.25, 0.3) is 5.78 Å². The summed E-state index contributed by atoms with van der Waals surface area (Å²) in [6.07, 6.45) is -0.395. The Morgan fingerprint density at radius 2 is 1.87 bits per heavy atom. The molecule has 0 unspecified atom stereocenters. The van der Waals surface area contributed by atoms with E-state index in [1.54, 1.807) is 24.3 Å². The fourth-order valence-electron chi connectivity index (χ4n) is 2.99. The third kappa shape index (κ3) is 4.13. The molecule has 4 aromatic rings. The van der Waals surface area contributed by atoms with E-state index >= 15 is 0 Å². The van der Waals surface area contributed by atoms with Crippen molar-refractivity contribution in [3.63, 3.8) is 0 Å². The van der Waals surface area contributed by atoms with E-state index < -0.39 is 23.7 Å². The Hall–Kier alpha value is -4.08. The van der Waals surface area contributed by atoms with Crippen LogP contribution in [0.2, 0.25) is 0 Å². The molecule has 0 saturated heterocycles. The van der Waals surface area contributed by atoms with Crippen molar-refractivity contribution in [3.05, 3.63) is 78.0 Å². The summed E-state index contributed by atoms with van der Waals surface area (Å²) in [4.78, 5) is 18.1. The predicted molar refractivity (Wildman–Crippen MR) is 103 cm³/mol. The van der Waals surface area contributed by atoms with Crippen LogP contribution in [0.15, 0.2) is 60.9 Å². The van der Waals surface area contributed by atoms with Gasteiger partial charge < -0.3 is 5.11 Å². The standard InChI is InChI=1S/C21H12F4N4O2/c22-16-6-5-14(9-15(16)13-3-1-2-12(8-13)4-7-19(30)31)17-10-26-20-28-18(21(23,24)25)11-27-29(17)20/h1-11H,(H,30,31)/b7-4+. The summed E-state index contributed by atoms with van der Waals surface area (Å²) < 4.78 is 54.2. The zero-order chi connectivity index (χ0) is 22.2. The van der Waals surface area contributed by atoms with Gasteiger partial charge in [-0.2, -0.15) is 22.8 Å². The third-order valence-corrected chi connectivity index (χ3v) is 4.40. The topological polar surface area (TPSA) is 80.4 Å². The minimum atomic E-state index is -4.65. The summed E-state index contributed by atoms with van der Waals surface area (Å²) in [6, 6.07) is 10.8. The van der Waals surface area contributed by atoms with Crippen LogP contribution in [0.1, 0.15) is 11.3 Å². The summed E-state index contributed by atoms with van der Waals surface area (Å²) in [7, 11) is 0. The molecule has 2 aromatic carbocycles. The molecule has 31 heavy (non-hydrogen) atoms. The maximum absolute atomic E-state index is 14.6. The number of rotatable bonds is 4. The molecule has 10 heteroatoms. The van der Waals surface area contributed by atoms with Crippen LogP contribution in [0.4, 0.5) is 17.6 Å². The van der Waals surface area contributed by atoms with Crippen LogP contribution < -0.4 is 0 Å². The molecule has 0 atom stereocenters. The first-order valence-corrected chi connectivity index (χ1v) is 8.82. The highest BCUT2D eigenvalue weighted by molar-refractivity contribution is 5.85. The maximum atomic E-state index is 14.6. The number of benzene rings is 2. The van der Waals surface area contributed by atoms with Crippen LogP contribution in [0.25, 0.3) is 34.2 Å². The number of carboxylic acid groups (broad SMARTS) is 1. The second-order valence-corrected chi connectivity index (χ2v) is 6.49. The number of aliphatic carboxylic acids is 1. The fraction of sp³-hybridized carbons (Fsp3) is 0.0476. The number of alkyl halides is 3. The Labute approximate surface area is 172 Å². The number of hydrogen-bond donors (Lipinski definition) is 1. The zero-order valence-electron chi connectivity index (χ0n) is 15.5. The molecule has 0 amide bonds. The van der Waals surface area contributed by atoms with Gasteiger partial charge in [0.1, 0.15) is 5.82 Å². The summed E-state index contributed by atoms with van der Waals surface area (Å²) in [5.74, 6) is -1.88. The SMILES string of the molecule is O=C(O)/C=C/c1cccc(-c2cc(-c3cnc4nc(C(F)(F)F)cnn34)ccc2F)c1. The van der Waals surface area contributed by atoms with Gasteiger partial charge >= 0.3 is 12.1 Å². The molecule has 4 rings (SSSR count). The van der Waals surface area contributed by atoms with Crippen molar-refractivity contribution >= 4 is 17.8 Å². The molecular weight excluding hydrogens is 416 g/mol. The highest BCUT2D eigenvalue weighted by atomic mass is 19.4. The Bertz CT molecular complexity index is 1330. The van der Waals surface area contributed by atoms with E-state index in [-0.39, 0.29) is 11.3 Å². The van der Waals surface area contributed by atoms with E-state index in [0.29, 0.717) is 28.6 Å². The van der Waals surface area contributed by atoms with Gasteiger partial charge in [0.15, 0.2) is 5.69 Å². The van der Waals surface area contributed by atoms with Crippen molar-refractivity contribution in [2.45, 2.75) is 6.18 Å². The minimum Gasteiger partial charge on any atom is -0.478 e. The fourth-order valence-corrected chi connectivity index (χ4v) is 2.99. The lowest BCUT2D eigenvalue weighted by atomic mass is 9.99. The minimum absolute atomic E-state index is 0.220. The average molecular weight is 428 g/mol. The van der Waals surface area contributed by atoms with Gasteiger partial charge in [-0.1, -0.05) is 18.2 Å². The molecule has 0 radical (unpaired) electrons. The van der Waals surface area contributed by atoms with Gasteiger partial charge in [0, 0.05) is 17.2 Å². The van der Waals surface area contributed by atoms with Crippen LogP contribution in [-0.4, -0.2) is 30.7 Å². The van der Waals surface area contributed by atoms with Gasteiger partial charge in [-0.15, -0.1) is 0 Å². The van der Waals surface area contributed by atoms with Crippen molar-refractivity contribution in [1.82, 2.24) is 19.6 Å². The normalized spacial score (nSPS) is 12.0. The van der Waals surface area contributed by atoms with Crippen molar-refractivity contribution in [2.24, 2.45) is 0 Å². The molecule has 1 N–H and O–H groups in total. The lowest BCUT2D eigenvalue weighted by molar-refractivity contribution is -0.141. The van der Waals surface area contributed by atoms with Gasteiger partial charge in [-0.3, -0.25) is 0 Å². The first-order chi connectivity index (χ1) is 14.7. The summed E-state index contributed by atoms with van der Waals surface area (Å²) >= 11 is 0. The largest absolute Gasteiger partial charge is 0.478 e. The lowest BCUT2D eigenvalue weighted by Crippen LogP contribution is -2.11. The number of halogens is 4. The molecule has 0 aliphatic rings. The van der Waals surface area contributed by atoms with Gasteiger partial charge in [0.2, 0.25) is 0 Å². The van der Waals surface area contributed by atoms with Crippen LogP contribution in [-0.2, 0) is 11.0 Å². The van der Waals surface area contributed by atoms with Crippen LogP contribution >= 0.6 is 0 Å². The van der Waals surface area contributed by atoms with Crippen molar-refractivity contribution in [1.29, 1.82) is 0 Å². The first-order valence-electron chi connectivity index (χ1n) is 8.82. The van der Waals surface area contributed by atoms with Crippen molar-refractivity contribution in [2.75, 3.05) is 0 Å². The molecular formula is C21H12F4N4O2. The Kier molecular flexibility index (Phi) is 4.97. The third-order valence-electron chi connectivity index (χ3n) is 4.40. The van der Waals surface area contributed by atoms with E-state index in [0.717, 1.165) is 10.6 Å². The molecule has 0 fully saturated rings. The Morgan fingerprint density at radius 1 is 1.06 bits per heavy atom. The molecule has 156 valence electrons. The van der Waals surface area contributed by atoms with Gasteiger partial charge in [0.05, 0.1) is 18.1 Å². The highest BCUT2D eigenvalue weighted by Crippen LogP contribution is 2.31. The number of carboxylic acids is 1. The molecule has 0 bridgehead atoms. The van der Waals surface area contributed by atoms with Crippen LogP contribution in [0.3, 0.4) is 0 Å². The van der Waals surface area contributed by atoms with E-state index in [2.05, 4.69) is 15.1 Å². The average Bonchev–Trinajstić information content (AvgIpc) is 3.15. The number of nitrogens with zero attached hydrogens (tertiary/aromatic N) is 4. The quantitative estimate of drug-likeness (QED) is 0.376. The monoisotopic (exact) mass is 428 g/mol. The molecule has 2 heterocycles. The number of hydrogen-bond acceptors (Lipinski definition) is 4. The molecule has 2 aromatic heterocycles. The highest BCUT2D eigenvalue weighted by Gasteiger charge is 2.33. The second-order valence-electron chi connectivity index (χ2n) is 6.49. The van der Waals surface area contributed by atoms with Crippen molar-refractivity contribution < 1.29 is 27.5 Å². The van der Waals surface area contributed by atoms with Gasteiger partial charge in [-0.25, -0.2) is 19.2 Å². The summed E-state index contributed by atoms with van der Waals surface area (Å²) in [5, 5.41) is 12.5. The summed E-state index contributed by atoms with van der Waals surface area (Å²) in [6.45, 7) is 0. The van der Waals surface area contributed by atoms with Crippen LogP contribution in [0.5, 0.6) is 0 Å². The number of aromatic nitrogens is 4. The number of fused-ring (bicyclic) bond motifs is 1. The van der Waals surface area contributed by atoms with E-state index in [9.17, 15) is 22.4 Å². The first kappa shape index (κ1) is 20.2. The molecule has 0 spiro atoms. The number of carbonyl (C=O) groups is 1. The van der Waals surface area contributed by atoms with Crippen LogP contribution in [0, 0.1) is 5.82 Å². The van der Waals surface area contributed by atoms with Crippen molar-refractivity contribution in [3.8, 4) is 22.4 Å². The zero-order valence-corrected chi connectivity index (χ0v) is 15.5. The summed E-state index contributed by atoms with van der Waals surface area (Å²) in [5.41, 5.74) is 0.904. The Morgan fingerprint density at radius 3 is 2.61 bits per heavy atom. The molecule has 0 aliphatic heterocycles. The Balaban J connectivity index is 1.77.